The molecule has 0 radical (unpaired) electrons. The highest BCUT2D eigenvalue weighted by Crippen LogP contribution is 2.28. The minimum Gasteiger partial charge on any atom is -0.477 e. The fraction of sp³-hybridized carbons (Fsp3) is 0.417. The van der Waals surface area contributed by atoms with E-state index in [1.807, 2.05) is 0 Å². The first kappa shape index (κ1) is 13.4. The Morgan fingerprint density at radius 2 is 1.89 bits per heavy atom. The highest BCUT2D eigenvalue weighted by molar-refractivity contribution is 5.75. The Morgan fingerprint density at radius 3 is 2.32 bits per heavy atom. The summed E-state index contributed by atoms with van der Waals surface area (Å²) in [6.07, 6.45) is 0. The number of ether oxygens (including phenoxy) is 2. The number of benzene rings is 1. The number of carboxylic acids is 1. The summed E-state index contributed by atoms with van der Waals surface area (Å²) < 4.78 is 10.4. The quantitative estimate of drug-likeness (QED) is 0.658. The number of non-ortho nitro benzene ring substituents is 1. The normalized spacial score (nSPS) is 26.9. The first-order chi connectivity index (χ1) is 8.92. The monoisotopic (exact) mass is 267 g/mol. The van der Waals surface area contributed by atoms with E-state index in [1.54, 1.807) is 12.1 Å². The second-order valence-electron chi connectivity index (χ2n) is 4.42. The van der Waals surface area contributed by atoms with E-state index in [9.17, 15) is 14.9 Å². The number of nitro groups is 1. The Hall–Kier alpha value is -1.99. The van der Waals surface area contributed by atoms with Gasteiger partial charge in [0.1, 0.15) is 0 Å². The van der Waals surface area contributed by atoms with Gasteiger partial charge in [0.15, 0.2) is 0 Å². The molecule has 1 heterocycles. The van der Waals surface area contributed by atoms with Crippen LogP contribution in [-0.2, 0) is 14.3 Å². The van der Waals surface area contributed by atoms with Crippen LogP contribution in [0.3, 0.4) is 0 Å². The summed E-state index contributed by atoms with van der Waals surface area (Å²) in [5, 5.41) is 19.5. The van der Waals surface area contributed by atoms with Gasteiger partial charge in [-0.25, -0.2) is 4.79 Å². The summed E-state index contributed by atoms with van der Waals surface area (Å²) in [7, 11) is 0. The largest absolute Gasteiger partial charge is 0.477 e. The van der Waals surface area contributed by atoms with E-state index in [0.717, 1.165) is 5.56 Å². The number of nitrogens with zero attached hydrogens (tertiary/aromatic N) is 1. The molecular formula is C12H13NO6. The van der Waals surface area contributed by atoms with Crippen LogP contribution in [0.1, 0.15) is 18.4 Å². The van der Waals surface area contributed by atoms with E-state index in [1.165, 1.54) is 19.1 Å². The number of hydrogen-bond donors (Lipinski definition) is 1. The van der Waals surface area contributed by atoms with Crippen molar-refractivity contribution in [3.63, 3.8) is 0 Å². The molecule has 1 aliphatic heterocycles. The fourth-order valence-corrected chi connectivity index (χ4v) is 1.79. The third-order valence-electron chi connectivity index (χ3n) is 3.08. The van der Waals surface area contributed by atoms with Crippen molar-refractivity contribution >= 4 is 11.7 Å². The van der Waals surface area contributed by atoms with Gasteiger partial charge in [-0.3, -0.25) is 10.1 Å². The van der Waals surface area contributed by atoms with Crippen LogP contribution in [0.2, 0.25) is 0 Å². The number of rotatable bonds is 3. The van der Waals surface area contributed by atoms with Crippen molar-refractivity contribution in [2.75, 3.05) is 13.2 Å². The topological polar surface area (TPSA) is 98.9 Å². The van der Waals surface area contributed by atoms with Gasteiger partial charge in [-0.05, 0) is 5.56 Å². The minimum absolute atomic E-state index is 0.0109. The summed E-state index contributed by atoms with van der Waals surface area (Å²) in [6, 6.07) is 6.05. The molecule has 1 N–H and O–H groups in total. The molecule has 0 saturated carbocycles. The Labute approximate surface area is 108 Å². The second kappa shape index (κ2) is 4.94. The lowest BCUT2D eigenvalue weighted by Crippen LogP contribution is -2.47. The molecule has 1 aliphatic rings. The third-order valence-corrected chi connectivity index (χ3v) is 3.08. The first-order valence-corrected chi connectivity index (χ1v) is 5.68. The molecular weight excluding hydrogens is 254 g/mol. The molecule has 0 aromatic heterocycles. The van der Waals surface area contributed by atoms with Crippen LogP contribution in [0.5, 0.6) is 0 Å². The number of carbonyl (C=O) groups is 1. The molecule has 1 fully saturated rings. The van der Waals surface area contributed by atoms with E-state index in [0.29, 0.717) is 0 Å². The van der Waals surface area contributed by atoms with E-state index in [4.69, 9.17) is 14.6 Å². The summed E-state index contributed by atoms with van der Waals surface area (Å²) in [5.41, 5.74) is 0.829. The van der Waals surface area contributed by atoms with Crippen molar-refractivity contribution in [3.8, 4) is 0 Å². The second-order valence-corrected chi connectivity index (χ2v) is 4.42. The van der Waals surface area contributed by atoms with Gasteiger partial charge in [0, 0.05) is 25.0 Å². The van der Waals surface area contributed by atoms with Crippen LogP contribution in [0, 0.1) is 10.1 Å². The van der Waals surface area contributed by atoms with Crippen LogP contribution in [-0.4, -0.2) is 35.0 Å². The maximum atomic E-state index is 10.9. The standard InChI is InChI=1S/C12H13NO6/c1-12(11(14)15)18-6-9(7-19-12)8-2-4-10(5-3-8)13(16)17/h2-5,9H,6-7H2,1H3,(H,14,15). The minimum atomic E-state index is -1.61. The van der Waals surface area contributed by atoms with Crippen LogP contribution >= 0.6 is 0 Å². The van der Waals surface area contributed by atoms with Crippen molar-refractivity contribution in [1.82, 2.24) is 0 Å². The average Bonchev–Trinajstić information content (AvgIpc) is 2.39. The van der Waals surface area contributed by atoms with Gasteiger partial charge in [0.2, 0.25) is 0 Å². The molecule has 0 unspecified atom stereocenters. The zero-order valence-corrected chi connectivity index (χ0v) is 10.2. The average molecular weight is 267 g/mol. The summed E-state index contributed by atoms with van der Waals surface area (Å²) in [6.45, 7) is 1.74. The maximum absolute atomic E-state index is 10.9. The SMILES string of the molecule is CC1(C(=O)O)OCC(c2ccc([N+](=O)[O-])cc2)CO1. The Bertz CT molecular complexity index is 489. The molecule has 1 aromatic carbocycles. The van der Waals surface area contributed by atoms with Crippen molar-refractivity contribution in [1.29, 1.82) is 0 Å². The molecule has 0 spiro atoms. The van der Waals surface area contributed by atoms with Gasteiger partial charge in [0.25, 0.3) is 11.5 Å². The van der Waals surface area contributed by atoms with Crippen molar-refractivity contribution in [2.45, 2.75) is 18.6 Å². The highest BCUT2D eigenvalue weighted by atomic mass is 16.7. The van der Waals surface area contributed by atoms with Crippen molar-refractivity contribution in [3.05, 3.63) is 39.9 Å². The van der Waals surface area contributed by atoms with Crippen LogP contribution in [0.4, 0.5) is 5.69 Å². The Kier molecular flexibility index (Phi) is 3.50. The van der Waals surface area contributed by atoms with Gasteiger partial charge >= 0.3 is 5.97 Å². The van der Waals surface area contributed by atoms with Gasteiger partial charge in [-0.1, -0.05) is 12.1 Å². The Balaban J connectivity index is 2.05. The Morgan fingerprint density at radius 1 is 1.37 bits per heavy atom. The molecule has 7 heteroatoms. The van der Waals surface area contributed by atoms with Gasteiger partial charge in [0.05, 0.1) is 18.1 Å². The van der Waals surface area contributed by atoms with E-state index < -0.39 is 16.7 Å². The number of aliphatic carboxylic acids is 1. The maximum Gasteiger partial charge on any atom is 0.364 e. The molecule has 7 nitrogen and oxygen atoms in total. The van der Waals surface area contributed by atoms with E-state index in [-0.39, 0.29) is 24.8 Å². The lowest BCUT2D eigenvalue weighted by Gasteiger charge is -2.34. The molecule has 1 aromatic rings. The molecule has 1 saturated heterocycles. The lowest BCUT2D eigenvalue weighted by atomic mass is 9.99. The lowest BCUT2D eigenvalue weighted by molar-refractivity contribution is -0.384. The highest BCUT2D eigenvalue weighted by Gasteiger charge is 2.40. The summed E-state index contributed by atoms with van der Waals surface area (Å²) in [4.78, 5) is 21.0. The zero-order valence-electron chi connectivity index (χ0n) is 10.2. The number of nitro benzene ring substituents is 1. The molecule has 0 bridgehead atoms. The molecule has 19 heavy (non-hydrogen) atoms. The van der Waals surface area contributed by atoms with E-state index >= 15 is 0 Å². The fourth-order valence-electron chi connectivity index (χ4n) is 1.79. The van der Waals surface area contributed by atoms with Crippen LogP contribution < -0.4 is 0 Å². The molecule has 0 amide bonds. The van der Waals surface area contributed by atoms with Gasteiger partial charge < -0.3 is 14.6 Å². The summed E-state index contributed by atoms with van der Waals surface area (Å²) >= 11 is 0. The predicted molar refractivity (Wildman–Crippen MR) is 63.8 cm³/mol. The van der Waals surface area contributed by atoms with Gasteiger partial charge in [-0.15, -0.1) is 0 Å². The van der Waals surface area contributed by atoms with Crippen molar-refractivity contribution < 1.29 is 24.3 Å². The smallest absolute Gasteiger partial charge is 0.364 e. The first-order valence-electron chi connectivity index (χ1n) is 5.68. The molecule has 2 rings (SSSR count). The molecule has 102 valence electrons. The number of carboxylic acid groups (broad SMARTS) is 1. The van der Waals surface area contributed by atoms with Crippen molar-refractivity contribution in [2.24, 2.45) is 0 Å². The zero-order chi connectivity index (χ0) is 14.0. The van der Waals surface area contributed by atoms with Crippen LogP contribution in [0.15, 0.2) is 24.3 Å². The molecule has 0 atom stereocenters. The summed E-state index contributed by atoms with van der Waals surface area (Å²) in [5.74, 6) is -2.92. The third kappa shape index (κ3) is 2.72. The number of hydrogen-bond acceptors (Lipinski definition) is 5. The van der Waals surface area contributed by atoms with E-state index in [2.05, 4.69) is 0 Å². The van der Waals surface area contributed by atoms with Gasteiger partial charge in [-0.2, -0.15) is 0 Å². The van der Waals surface area contributed by atoms with Crippen LogP contribution in [0.25, 0.3) is 0 Å². The predicted octanol–water partition coefficient (Wildman–Crippen LogP) is 1.53. The molecule has 0 aliphatic carbocycles.